The van der Waals surface area contributed by atoms with Gasteiger partial charge in [-0.25, -0.2) is 17.6 Å². The molecule has 0 fully saturated rings. The van der Waals surface area contributed by atoms with Gasteiger partial charge in [0.1, 0.15) is 5.82 Å². The lowest BCUT2D eigenvalue weighted by Crippen LogP contribution is -2.21. The molecule has 0 aromatic heterocycles. The molecule has 1 N–H and O–H groups in total. The lowest BCUT2D eigenvalue weighted by atomic mass is 10.2. The van der Waals surface area contributed by atoms with Gasteiger partial charge in [-0.15, -0.1) is 0 Å². The van der Waals surface area contributed by atoms with Crippen molar-refractivity contribution in [3.63, 3.8) is 0 Å². The van der Waals surface area contributed by atoms with Crippen LogP contribution in [0.2, 0.25) is 0 Å². The lowest BCUT2D eigenvalue weighted by Gasteiger charge is -2.07. The average Bonchev–Trinajstić information content (AvgIpc) is 2.52. The molecule has 0 heterocycles. The van der Waals surface area contributed by atoms with Gasteiger partial charge in [0.2, 0.25) is 0 Å². The van der Waals surface area contributed by atoms with Gasteiger partial charge in [-0.2, -0.15) is 0 Å². The third-order valence-electron chi connectivity index (χ3n) is 2.94. The van der Waals surface area contributed by atoms with E-state index in [1.807, 2.05) is 0 Å². The molecule has 0 saturated heterocycles. The summed E-state index contributed by atoms with van der Waals surface area (Å²) in [4.78, 5) is 23.5. The largest absolute Gasteiger partial charge is 0.452 e. The SMILES string of the molecule is CS(=O)(=O)c1cccc(C(=O)OCC(=O)Nc2cccc(F)c2)c1. The average molecular weight is 351 g/mol. The van der Waals surface area contributed by atoms with Crippen LogP contribution >= 0.6 is 0 Å². The molecular weight excluding hydrogens is 337 g/mol. The molecule has 0 aliphatic carbocycles. The topological polar surface area (TPSA) is 89.5 Å². The summed E-state index contributed by atoms with van der Waals surface area (Å²) in [5.41, 5.74) is 0.242. The molecule has 0 aliphatic heterocycles. The zero-order valence-electron chi connectivity index (χ0n) is 12.7. The predicted octanol–water partition coefficient (Wildman–Crippen LogP) is 2.02. The molecule has 0 unspecified atom stereocenters. The zero-order chi connectivity index (χ0) is 17.7. The Bertz CT molecular complexity index is 880. The van der Waals surface area contributed by atoms with Crippen LogP contribution in [0.5, 0.6) is 0 Å². The van der Waals surface area contributed by atoms with E-state index < -0.39 is 34.1 Å². The molecule has 2 aromatic rings. The second kappa shape index (κ2) is 7.22. The van der Waals surface area contributed by atoms with Crippen molar-refractivity contribution >= 4 is 27.4 Å². The molecule has 24 heavy (non-hydrogen) atoms. The highest BCUT2D eigenvalue weighted by atomic mass is 32.2. The smallest absolute Gasteiger partial charge is 0.338 e. The third kappa shape index (κ3) is 4.88. The maximum absolute atomic E-state index is 13.0. The molecule has 0 atom stereocenters. The second-order valence-corrected chi connectivity index (χ2v) is 6.95. The summed E-state index contributed by atoms with van der Waals surface area (Å²) < 4.78 is 40.7. The number of anilines is 1. The van der Waals surface area contributed by atoms with Crippen molar-refractivity contribution in [2.45, 2.75) is 4.90 Å². The van der Waals surface area contributed by atoms with Crippen molar-refractivity contribution in [1.82, 2.24) is 0 Å². The molecule has 2 aromatic carbocycles. The van der Waals surface area contributed by atoms with Gasteiger partial charge in [0.25, 0.3) is 5.91 Å². The summed E-state index contributed by atoms with van der Waals surface area (Å²) in [5.74, 6) is -1.99. The molecule has 2 rings (SSSR count). The molecule has 1 amide bonds. The highest BCUT2D eigenvalue weighted by molar-refractivity contribution is 7.90. The standard InChI is InChI=1S/C16H14FNO5S/c1-24(21,22)14-7-2-4-11(8-14)16(20)23-10-15(19)18-13-6-3-5-12(17)9-13/h2-9H,10H2,1H3,(H,18,19). The van der Waals surface area contributed by atoms with E-state index in [0.717, 1.165) is 12.3 Å². The third-order valence-corrected chi connectivity index (χ3v) is 4.05. The zero-order valence-corrected chi connectivity index (χ0v) is 13.5. The van der Waals surface area contributed by atoms with E-state index in [-0.39, 0.29) is 16.1 Å². The number of sulfone groups is 1. The number of rotatable bonds is 5. The number of esters is 1. The molecule has 6 nitrogen and oxygen atoms in total. The van der Waals surface area contributed by atoms with Gasteiger partial charge in [0.15, 0.2) is 16.4 Å². The minimum atomic E-state index is -3.46. The van der Waals surface area contributed by atoms with Crippen LogP contribution in [-0.4, -0.2) is 33.2 Å². The Hall–Kier alpha value is -2.74. The fourth-order valence-corrected chi connectivity index (χ4v) is 2.50. The first-order valence-corrected chi connectivity index (χ1v) is 8.67. The van der Waals surface area contributed by atoms with E-state index in [1.165, 1.54) is 42.5 Å². The number of halogens is 1. The fraction of sp³-hybridized carbons (Fsp3) is 0.125. The fourth-order valence-electron chi connectivity index (χ4n) is 1.83. The van der Waals surface area contributed by atoms with Gasteiger partial charge in [-0.1, -0.05) is 12.1 Å². The predicted molar refractivity (Wildman–Crippen MR) is 84.9 cm³/mol. The van der Waals surface area contributed by atoms with Crippen LogP contribution in [0.15, 0.2) is 53.4 Å². The summed E-state index contributed by atoms with van der Waals surface area (Å²) >= 11 is 0. The van der Waals surface area contributed by atoms with E-state index in [2.05, 4.69) is 5.32 Å². The van der Waals surface area contributed by atoms with Gasteiger partial charge < -0.3 is 10.1 Å². The van der Waals surface area contributed by atoms with Crippen LogP contribution in [-0.2, 0) is 19.4 Å². The number of nitrogens with one attached hydrogen (secondary N) is 1. The first-order chi connectivity index (χ1) is 11.3. The Labute approximate surface area is 138 Å². The summed E-state index contributed by atoms with van der Waals surface area (Å²) in [6.45, 7) is -0.585. The van der Waals surface area contributed by atoms with E-state index in [0.29, 0.717) is 0 Å². The molecule has 8 heteroatoms. The monoisotopic (exact) mass is 351 g/mol. The first-order valence-electron chi connectivity index (χ1n) is 6.78. The van der Waals surface area contributed by atoms with Crippen molar-refractivity contribution in [2.75, 3.05) is 18.2 Å². The van der Waals surface area contributed by atoms with Gasteiger partial charge >= 0.3 is 5.97 Å². The summed E-state index contributed by atoms with van der Waals surface area (Å²) in [6, 6.07) is 10.6. The van der Waals surface area contributed by atoms with Crippen molar-refractivity contribution < 1.29 is 27.1 Å². The van der Waals surface area contributed by atoms with Gasteiger partial charge in [0, 0.05) is 11.9 Å². The minimum Gasteiger partial charge on any atom is -0.452 e. The van der Waals surface area contributed by atoms with E-state index in [4.69, 9.17) is 4.74 Å². The highest BCUT2D eigenvalue weighted by Gasteiger charge is 2.14. The highest BCUT2D eigenvalue weighted by Crippen LogP contribution is 2.13. The van der Waals surface area contributed by atoms with Crippen molar-refractivity contribution in [2.24, 2.45) is 0 Å². The number of ether oxygens (including phenoxy) is 1. The first kappa shape index (κ1) is 17.6. The van der Waals surface area contributed by atoms with Gasteiger partial charge in [-0.3, -0.25) is 4.79 Å². The second-order valence-electron chi connectivity index (χ2n) is 4.93. The Morgan fingerprint density at radius 3 is 2.50 bits per heavy atom. The van der Waals surface area contributed by atoms with Crippen LogP contribution in [0, 0.1) is 5.82 Å². The van der Waals surface area contributed by atoms with Crippen LogP contribution in [0.25, 0.3) is 0 Å². The van der Waals surface area contributed by atoms with Crippen LogP contribution in [0.4, 0.5) is 10.1 Å². The number of carbonyl (C=O) groups excluding carboxylic acids is 2. The minimum absolute atomic E-state index is 0.0106. The van der Waals surface area contributed by atoms with E-state index in [9.17, 15) is 22.4 Å². The number of benzene rings is 2. The Morgan fingerprint density at radius 1 is 1.12 bits per heavy atom. The summed E-state index contributed by atoms with van der Waals surface area (Å²) in [5, 5.41) is 2.37. The maximum Gasteiger partial charge on any atom is 0.338 e. The molecule has 0 saturated carbocycles. The number of carbonyl (C=O) groups is 2. The maximum atomic E-state index is 13.0. The number of amides is 1. The molecule has 0 bridgehead atoms. The molecule has 126 valence electrons. The van der Waals surface area contributed by atoms with Crippen molar-refractivity contribution in [1.29, 1.82) is 0 Å². The van der Waals surface area contributed by atoms with Crippen molar-refractivity contribution in [3.8, 4) is 0 Å². The molecular formula is C16H14FNO5S. The van der Waals surface area contributed by atoms with Crippen LogP contribution in [0.1, 0.15) is 10.4 Å². The Kier molecular flexibility index (Phi) is 5.30. The van der Waals surface area contributed by atoms with Crippen molar-refractivity contribution in [3.05, 3.63) is 59.9 Å². The quantitative estimate of drug-likeness (QED) is 0.833. The van der Waals surface area contributed by atoms with E-state index >= 15 is 0 Å². The number of hydrogen-bond donors (Lipinski definition) is 1. The molecule has 0 spiro atoms. The van der Waals surface area contributed by atoms with Gasteiger partial charge in [0.05, 0.1) is 10.5 Å². The van der Waals surface area contributed by atoms with Crippen LogP contribution < -0.4 is 5.32 Å². The normalized spacial score (nSPS) is 10.9. The summed E-state index contributed by atoms with van der Waals surface area (Å²) in [7, 11) is -3.46. The van der Waals surface area contributed by atoms with Gasteiger partial charge in [-0.05, 0) is 36.4 Å². The van der Waals surface area contributed by atoms with E-state index in [1.54, 1.807) is 0 Å². The van der Waals surface area contributed by atoms with Crippen LogP contribution in [0.3, 0.4) is 0 Å². The molecule has 0 radical (unpaired) electrons. The lowest BCUT2D eigenvalue weighted by molar-refractivity contribution is -0.119. The number of hydrogen-bond acceptors (Lipinski definition) is 5. The molecule has 0 aliphatic rings. The summed E-state index contributed by atoms with van der Waals surface area (Å²) in [6.07, 6.45) is 1.02. The Morgan fingerprint density at radius 2 is 1.83 bits per heavy atom. The Balaban J connectivity index is 1.97.